The van der Waals surface area contributed by atoms with E-state index in [1.165, 1.54) is 0 Å². The molecule has 5 heteroatoms. The molecule has 0 aromatic rings. The predicted octanol–water partition coefficient (Wildman–Crippen LogP) is -0.0809. The zero-order valence-electron chi connectivity index (χ0n) is 9.25. The Bertz CT molecular complexity index is 259. The molecule has 1 rings (SSSR count). The first-order chi connectivity index (χ1) is 6.99. The van der Waals surface area contributed by atoms with Crippen LogP contribution in [0.2, 0.25) is 0 Å². The van der Waals surface area contributed by atoms with E-state index in [1.807, 2.05) is 19.0 Å². The second-order valence-electron chi connectivity index (χ2n) is 4.30. The summed E-state index contributed by atoms with van der Waals surface area (Å²) >= 11 is 0. The van der Waals surface area contributed by atoms with Crippen molar-refractivity contribution in [2.75, 3.05) is 27.2 Å². The van der Waals surface area contributed by atoms with Gasteiger partial charge in [0.1, 0.15) is 5.41 Å². The Labute approximate surface area is 89.4 Å². The maximum absolute atomic E-state index is 11.7. The van der Waals surface area contributed by atoms with Gasteiger partial charge in [0.2, 0.25) is 5.91 Å². The lowest BCUT2D eigenvalue weighted by molar-refractivity contribution is -0.162. The molecule has 0 aromatic heterocycles. The highest BCUT2D eigenvalue weighted by Gasteiger charge is 2.50. The van der Waals surface area contributed by atoms with Gasteiger partial charge in [-0.1, -0.05) is 6.42 Å². The van der Waals surface area contributed by atoms with Gasteiger partial charge in [-0.25, -0.2) is 0 Å². The fourth-order valence-corrected chi connectivity index (χ4v) is 1.63. The van der Waals surface area contributed by atoms with E-state index in [0.717, 1.165) is 13.0 Å². The highest BCUT2D eigenvalue weighted by Crippen LogP contribution is 2.41. The number of hydrogen-bond donors (Lipinski definition) is 2. The minimum absolute atomic E-state index is 0.330. The predicted molar refractivity (Wildman–Crippen MR) is 55.5 cm³/mol. The van der Waals surface area contributed by atoms with Crippen LogP contribution in [0.1, 0.15) is 19.3 Å². The summed E-state index contributed by atoms with van der Waals surface area (Å²) in [6.07, 6.45) is 1.76. The highest BCUT2D eigenvalue weighted by atomic mass is 16.4. The lowest BCUT2D eigenvalue weighted by atomic mass is 9.68. The Morgan fingerprint density at radius 2 is 2.00 bits per heavy atom. The van der Waals surface area contributed by atoms with E-state index in [1.54, 1.807) is 0 Å². The van der Waals surface area contributed by atoms with Gasteiger partial charge >= 0.3 is 5.97 Å². The molecule has 5 nitrogen and oxygen atoms in total. The van der Waals surface area contributed by atoms with Crippen LogP contribution in [-0.2, 0) is 9.59 Å². The van der Waals surface area contributed by atoms with E-state index in [-0.39, 0.29) is 5.91 Å². The van der Waals surface area contributed by atoms with Crippen LogP contribution >= 0.6 is 0 Å². The molecule has 0 radical (unpaired) electrons. The molecule has 0 saturated heterocycles. The third-order valence-corrected chi connectivity index (χ3v) is 2.90. The summed E-state index contributed by atoms with van der Waals surface area (Å²) in [5.41, 5.74) is -1.13. The number of amides is 1. The van der Waals surface area contributed by atoms with Gasteiger partial charge in [0.25, 0.3) is 0 Å². The van der Waals surface area contributed by atoms with Gasteiger partial charge in [0.15, 0.2) is 0 Å². The van der Waals surface area contributed by atoms with Crippen molar-refractivity contribution in [1.82, 2.24) is 10.2 Å². The maximum atomic E-state index is 11.7. The number of nitrogens with one attached hydrogen (secondary N) is 1. The average Bonchev–Trinajstić information content (AvgIpc) is 1.99. The second kappa shape index (κ2) is 4.61. The first kappa shape index (κ1) is 12.0. The number of hydrogen-bond acceptors (Lipinski definition) is 3. The Morgan fingerprint density at radius 3 is 2.33 bits per heavy atom. The van der Waals surface area contributed by atoms with Gasteiger partial charge in [0, 0.05) is 13.1 Å². The maximum Gasteiger partial charge on any atom is 0.319 e. The summed E-state index contributed by atoms with van der Waals surface area (Å²) in [5, 5.41) is 11.7. The summed E-state index contributed by atoms with van der Waals surface area (Å²) in [5.74, 6) is -1.32. The van der Waals surface area contributed by atoms with Crippen LogP contribution in [0, 0.1) is 5.41 Å². The smallest absolute Gasteiger partial charge is 0.319 e. The molecule has 1 aliphatic carbocycles. The molecule has 1 amide bonds. The van der Waals surface area contributed by atoms with E-state index in [9.17, 15) is 9.59 Å². The molecule has 0 atom stereocenters. The molecular weight excluding hydrogens is 196 g/mol. The number of carbonyl (C=O) groups is 2. The van der Waals surface area contributed by atoms with Crippen molar-refractivity contribution in [2.45, 2.75) is 19.3 Å². The van der Waals surface area contributed by atoms with Crippen molar-refractivity contribution in [1.29, 1.82) is 0 Å². The molecule has 1 fully saturated rings. The largest absolute Gasteiger partial charge is 0.480 e. The Balaban J connectivity index is 2.42. The van der Waals surface area contributed by atoms with Crippen LogP contribution in [0.3, 0.4) is 0 Å². The standard InChI is InChI=1S/C10H18N2O3/c1-12(2)7-6-11-8(13)10(9(14)15)4-3-5-10/h3-7H2,1-2H3,(H,11,13)(H,14,15). The Hall–Kier alpha value is -1.10. The second-order valence-corrected chi connectivity index (χ2v) is 4.30. The van der Waals surface area contributed by atoms with Crippen molar-refractivity contribution in [2.24, 2.45) is 5.41 Å². The molecule has 0 unspecified atom stereocenters. The molecular formula is C10H18N2O3. The van der Waals surface area contributed by atoms with Crippen molar-refractivity contribution < 1.29 is 14.7 Å². The van der Waals surface area contributed by atoms with Crippen LogP contribution in [0.5, 0.6) is 0 Å². The third kappa shape index (κ3) is 2.47. The molecule has 0 spiro atoms. The number of carboxylic acids is 1. The van der Waals surface area contributed by atoms with E-state index >= 15 is 0 Å². The third-order valence-electron chi connectivity index (χ3n) is 2.90. The lowest BCUT2D eigenvalue weighted by Gasteiger charge is -2.35. The zero-order valence-corrected chi connectivity index (χ0v) is 9.25. The fourth-order valence-electron chi connectivity index (χ4n) is 1.63. The Kier molecular flexibility index (Phi) is 3.68. The number of carbonyl (C=O) groups excluding carboxylic acids is 1. The van der Waals surface area contributed by atoms with Gasteiger partial charge < -0.3 is 15.3 Å². The molecule has 0 bridgehead atoms. The Morgan fingerprint density at radius 1 is 1.40 bits per heavy atom. The molecule has 86 valence electrons. The summed E-state index contributed by atoms with van der Waals surface area (Å²) < 4.78 is 0. The topological polar surface area (TPSA) is 69.6 Å². The van der Waals surface area contributed by atoms with Crippen LogP contribution in [-0.4, -0.2) is 49.1 Å². The van der Waals surface area contributed by atoms with Crippen LogP contribution in [0.4, 0.5) is 0 Å². The van der Waals surface area contributed by atoms with E-state index in [2.05, 4.69) is 5.32 Å². The van der Waals surface area contributed by atoms with E-state index < -0.39 is 11.4 Å². The summed E-state index contributed by atoms with van der Waals surface area (Å²) in [4.78, 5) is 24.6. The quantitative estimate of drug-likeness (QED) is 0.628. The summed E-state index contributed by atoms with van der Waals surface area (Å²) in [6, 6.07) is 0. The number of likely N-dealkylation sites (N-methyl/N-ethyl adjacent to an activating group) is 1. The van der Waals surface area contributed by atoms with Crippen molar-refractivity contribution in [3.05, 3.63) is 0 Å². The first-order valence-corrected chi connectivity index (χ1v) is 5.15. The monoisotopic (exact) mass is 214 g/mol. The summed E-state index contributed by atoms with van der Waals surface area (Å²) in [6.45, 7) is 1.22. The summed E-state index contributed by atoms with van der Waals surface area (Å²) in [7, 11) is 3.81. The molecule has 0 aromatic carbocycles. The van der Waals surface area contributed by atoms with Crippen LogP contribution in [0.15, 0.2) is 0 Å². The number of aliphatic carboxylic acids is 1. The average molecular weight is 214 g/mol. The molecule has 0 heterocycles. The van der Waals surface area contributed by atoms with Crippen molar-refractivity contribution in [3.63, 3.8) is 0 Å². The fraction of sp³-hybridized carbons (Fsp3) is 0.800. The molecule has 2 N–H and O–H groups in total. The van der Waals surface area contributed by atoms with Gasteiger partial charge in [-0.3, -0.25) is 9.59 Å². The van der Waals surface area contributed by atoms with E-state index in [0.29, 0.717) is 19.4 Å². The number of nitrogens with zero attached hydrogens (tertiary/aromatic N) is 1. The van der Waals surface area contributed by atoms with Crippen molar-refractivity contribution >= 4 is 11.9 Å². The van der Waals surface area contributed by atoms with Crippen LogP contribution in [0.25, 0.3) is 0 Å². The minimum atomic E-state index is -1.13. The first-order valence-electron chi connectivity index (χ1n) is 5.15. The molecule has 0 aliphatic heterocycles. The SMILES string of the molecule is CN(C)CCNC(=O)C1(C(=O)O)CCC1. The number of rotatable bonds is 5. The van der Waals surface area contributed by atoms with Gasteiger partial charge in [-0.15, -0.1) is 0 Å². The van der Waals surface area contributed by atoms with Gasteiger partial charge in [0.05, 0.1) is 0 Å². The molecule has 1 aliphatic rings. The van der Waals surface area contributed by atoms with Gasteiger partial charge in [-0.2, -0.15) is 0 Å². The van der Waals surface area contributed by atoms with E-state index in [4.69, 9.17) is 5.11 Å². The normalized spacial score (nSPS) is 18.3. The van der Waals surface area contributed by atoms with Crippen LogP contribution < -0.4 is 5.32 Å². The minimum Gasteiger partial charge on any atom is -0.480 e. The molecule has 15 heavy (non-hydrogen) atoms. The van der Waals surface area contributed by atoms with Crippen molar-refractivity contribution in [3.8, 4) is 0 Å². The molecule has 1 saturated carbocycles. The zero-order chi connectivity index (χ0) is 11.5. The number of carboxylic acid groups (broad SMARTS) is 1. The lowest BCUT2D eigenvalue weighted by Crippen LogP contribution is -2.51. The van der Waals surface area contributed by atoms with Gasteiger partial charge in [-0.05, 0) is 26.9 Å². The highest BCUT2D eigenvalue weighted by molar-refractivity contribution is 6.02.